The van der Waals surface area contributed by atoms with Gasteiger partial charge in [0.25, 0.3) is 0 Å². The van der Waals surface area contributed by atoms with Crippen molar-refractivity contribution in [3.8, 4) is 0 Å². The Morgan fingerprint density at radius 1 is 1.44 bits per heavy atom. The lowest BCUT2D eigenvalue weighted by atomic mass is 10.2. The molecule has 5 heteroatoms. The van der Waals surface area contributed by atoms with E-state index in [9.17, 15) is 9.18 Å². The van der Waals surface area contributed by atoms with Gasteiger partial charge in [-0.1, -0.05) is 13.0 Å². The molecule has 3 N–H and O–H groups in total. The number of nitrogen functional groups attached to an aromatic ring is 1. The molecule has 0 aliphatic rings. The number of nitrogens with one attached hydrogen (secondary N) is 1. The van der Waals surface area contributed by atoms with Crippen molar-refractivity contribution in [3.05, 3.63) is 29.6 Å². The topological polar surface area (TPSA) is 58.4 Å². The second kappa shape index (κ2) is 6.96. The number of rotatable bonds is 6. The van der Waals surface area contributed by atoms with Gasteiger partial charge in [0.15, 0.2) is 0 Å². The zero-order valence-electron chi connectivity index (χ0n) is 10.9. The quantitative estimate of drug-likeness (QED) is 0.753. The van der Waals surface area contributed by atoms with Gasteiger partial charge in [-0.3, -0.25) is 9.69 Å². The number of hydrogen-bond acceptors (Lipinski definition) is 3. The molecule has 0 saturated carbocycles. The first kappa shape index (κ1) is 14.4. The Hall–Kier alpha value is -1.62. The summed E-state index contributed by atoms with van der Waals surface area (Å²) in [5, 5.41) is 2.73. The predicted molar refractivity (Wildman–Crippen MR) is 70.4 cm³/mol. The van der Waals surface area contributed by atoms with Crippen LogP contribution in [0.15, 0.2) is 18.2 Å². The number of carbonyl (C=O) groups excluding carboxylic acids is 1. The fourth-order valence-corrected chi connectivity index (χ4v) is 1.67. The molecule has 100 valence electrons. The number of nitrogens with zero attached hydrogens (tertiary/aromatic N) is 1. The molecule has 0 saturated heterocycles. The van der Waals surface area contributed by atoms with E-state index in [2.05, 4.69) is 5.32 Å². The maximum absolute atomic E-state index is 13.6. The van der Waals surface area contributed by atoms with E-state index in [0.29, 0.717) is 30.9 Å². The summed E-state index contributed by atoms with van der Waals surface area (Å²) < 4.78 is 13.6. The van der Waals surface area contributed by atoms with Crippen molar-refractivity contribution < 1.29 is 9.18 Å². The smallest absolute Gasteiger partial charge is 0.234 e. The molecular weight excluding hydrogens is 233 g/mol. The van der Waals surface area contributed by atoms with Crippen molar-refractivity contribution in [2.75, 3.05) is 25.4 Å². The molecule has 0 aliphatic heterocycles. The second-order valence-electron chi connectivity index (χ2n) is 4.11. The van der Waals surface area contributed by atoms with Crippen LogP contribution in [0, 0.1) is 5.82 Å². The predicted octanol–water partition coefficient (Wildman–Crippen LogP) is 1.37. The molecule has 0 aromatic heterocycles. The third kappa shape index (κ3) is 4.33. The van der Waals surface area contributed by atoms with E-state index in [1.165, 1.54) is 6.07 Å². The first-order valence-electron chi connectivity index (χ1n) is 6.09. The van der Waals surface area contributed by atoms with Crippen molar-refractivity contribution in [1.29, 1.82) is 0 Å². The number of hydrogen-bond donors (Lipinski definition) is 2. The molecule has 0 radical (unpaired) electrons. The van der Waals surface area contributed by atoms with Gasteiger partial charge in [0.05, 0.1) is 6.54 Å². The van der Waals surface area contributed by atoms with Gasteiger partial charge in [-0.05, 0) is 25.6 Å². The Kier molecular flexibility index (Phi) is 5.58. The Balaban J connectivity index is 2.65. The highest BCUT2D eigenvalue weighted by atomic mass is 19.1. The first-order valence-corrected chi connectivity index (χ1v) is 6.09. The molecule has 0 heterocycles. The minimum absolute atomic E-state index is 0.0461. The minimum atomic E-state index is -0.329. The van der Waals surface area contributed by atoms with E-state index in [-0.39, 0.29) is 18.3 Å². The molecule has 0 aliphatic carbocycles. The van der Waals surface area contributed by atoms with Crippen molar-refractivity contribution >= 4 is 11.6 Å². The van der Waals surface area contributed by atoms with Crippen LogP contribution in [-0.2, 0) is 11.3 Å². The standard InChI is InChI=1S/C13H20FN3O/c1-3-16-13(18)9-17(4-2)8-10-5-6-11(15)7-12(10)14/h5-7H,3-4,8-9,15H2,1-2H3,(H,16,18). The van der Waals surface area contributed by atoms with Gasteiger partial charge in [0.2, 0.25) is 5.91 Å². The number of carbonyl (C=O) groups is 1. The lowest BCUT2D eigenvalue weighted by Crippen LogP contribution is -2.36. The Labute approximate surface area is 107 Å². The normalized spacial score (nSPS) is 10.7. The molecule has 0 spiro atoms. The summed E-state index contributed by atoms with van der Waals surface area (Å²) in [6.07, 6.45) is 0. The fraction of sp³-hybridized carbons (Fsp3) is 0.462. The highest BCUT2D eigenvalue weighted by Gasteiger charge is 2.11. The molecule has 4 nitrogen and oxygen atoms in total. The van der Waals surface area contributed by atoms with Gasteiger partial charge in [-0.15, -0.1) is 0 Å². The molecule has 1 rings (SSSR count). The van der Waals surface area contributed by atoms with Crippen molar-refractivity contribution in [2.24, 2.45) is 0 Å². The summed E-state index contributed by atoms with van der Waals surface area (Å²) in [7, 11) is 0. The number of amides is 1. The van der Waals surface area contributed by atoms with Crippen molar-refractivity contribution in [3.63, 3.8) is 0 Å². The number of likely N-dealkylation sites (N-methyl/N-ethyl adjacent to an activating group) is 2. The zero-order valence-corrected chi connectivity index (χ0v) is 10.9. The first-order chi connectivity index (χ1) is 8.56. The fourth-order valence-electron chi connectivity index (χ4n) is 1.67. The second-order valence-corrected chi connectivity index (χ2v) is 4.11. The molecule has 0 fully saturated rings. The highest BCUT2D eigenvalue weighted by molar-refractivity contribution is 5.77. The lowest BCUT2D eigenvalue weighted by Gasteiger charge is -2.20. The van der Waals surface area contributed by atoms with Crippen molar-refractivity contribution in [2.45, 2.75) is 20.4 Å². The molecule has 0 atom stereocenters. The van der Waals surface area contributed by atoms with E-state index in [4.69, 9.17) is 5.73 Å². The Morgan fingerprint density at radius 3 is 2.72 bits per heavy atom. The van der Waals surface area contributed by atoms with Gasteiger partial charge < -0.3 is 11.1 Å². The highest BCUT2D eigenvalue weighted by Crippen LogP contribution is 2.13. The summed E-state index contributed by atoms with van der Waals surface area (Å²) in [4.78, 5) is 13.3. The van der Waals surface area contributed by atoms with Crippen LogP contribution in [-0.4, -0.2) is 30.4 Å². The number of anilines is 1. The minimum Gasteiger partial charge on any atom is -0.399 e. The number of halogens is 1. The van der Waals surface area contributed by atoms with Crippen LogP contribution in [0.1, 0.15) is 19.4 Å². The maximum atomic E-state index is 13.6. The van der Waals surface area contributed by atoms with E-state index in [0.717, 1.165) is 0 Å². The summed E-state index contributed by atoms with van der Waals surface area (Å²) in [6.45, 7) is 5.77. The van der Waals surface area contributed by atoms with Crippen LogP contribution in [0.2, 0.25) is 0 Å². The van der Waals surface area contributed by atoms with Gasteiger partial charge in [0, 0.05) is 24.3 Å². The van der Waals surface area contributed by atoms with Crippen LogP contribution in [0.3, 0.4) is 0 Å². The molecule has 1 aromatic carbocycles. The van der Waals surface area contributed by atoms with Gasteiger partial charge in [-0.2, -0.15) is 0 Å². The summed E-state index contributed by atoms with van der Waals surface area (Å²) in [6, 6.07) is 4.62. The van der Waals surface area contributed by atoms with E-state index < -0.39 is 0 Å². The summed E-state index contributed by atoms with van der Waals surface area (Å²) in [5.41, 5.74) is 6.45. The Bertz CT molecular complexity index is 409. The molecule has 0 unspecified atom stereocenters. The van der Waals surface area contributed by atoms with Gasteiger partial charge in [0.1, 0.15) is 5.82 Å². The third-order valence-electron chi connectivity index (χ3n) is 2.66. The van der Waals surface area contributed by atoms with E-state index >= 15 is 0 Å². The summed E-state index contributed by atoms with van der Waals surface area (Å²) in [5.74, 6) is -0.375. The van der Waals surface area contributed by atoms with Gasteiger partial charge in [-0.25, -0.2) is 4.39 Å². The van der Waals surface area contributed by atoms with Crippen LogP contribution >= 0.6 is 0 Å². The van der Waals surface area contributed by atoms with Crippen LogP contribution in [0.4, 0.5) is 10.1 Å². The molecular formula is C13H20FN3O. The number of benzene rings is 1. The SMILES string of the molecule is CCNC(=O)CN(CC)Cc1ccc(N)cc1F. The largest absolute Gasteiger partial charge is 0.399 e. The summed E-state index contributed by atoms with van der Waals surface area (Å²) >= 11 is 0. The zero-order chi connectivity index (χ0) is 13.5. The molecule has 0 bridgehead atoms. The average molecular weight is 253 g/mol. The molecule has 1 amide bonds. The van der Waals surface area contributed by atoms with Crippen LogP contribution in [0.5, 0.6) is 0 Å². The van der Waals surface area contributed by atoms with E-state index in [1.54, 1.807) is 12.1 Å². The molecule has 18 heavy (non-hydrogen) atoms. The van der Waals surface area contributed by atoms with Gasteiger partial charge >= 0.3 is 0 Å². The van der Waals surface area contributed by atoms with E-state index in [1.807, 2.05) is 18.7 Å². The Morgan fingerprint density at radius 2 is 2.17 bits per heavy atom. The monoisotopic (exact) mass is 253 g/mol. The maximum Gasteiger partial charge on any atom is 0.234 e. The number of nitrogens with two attached hydrogens (primary N) is 1. The third-order valence-corrected chi connectivity index (χ3v) is 2.66. The molecule has 1 aromatic rings. The van der Waals surface area contributed by atoms with Crippen LogP contribution in [0.25, 0.3) is 0 Å². The van der Waals surface area contributed by atoms with Crippen molar-refractivity contribution in [1.82, 2.24) is 10.2 Å². The van der Waals surface area contributed by atoms with Crippen LogP contribution < -0.4 is 11.1 Å². The average Bonchev–Trinajstić information content (AvgIpc) is 2.31. The lowest BCUT2D eigenvalue weighted by molar-refractivity contribution is -0.122.